The zero-order valence-corrected chi connectivity index (χ0v) is 18.2. The van der Waals surface area contributed by atoms with Crippen LogP contribution in [0, 0.1) is 0 Å². The third-order valence-corrected chi connectivity index (χ3v) is 20.2. The first kappa shape index (κ1) is 18.7. The molecule has 0 saturated carbocycles. The van der Waals surface area contributed by atoms with Crippen LogP contribution in [-0.2, 0) is 0 Å². The third kappa shape index (κ3) is 2.89. The average Bonchev–Trinajstić information content (AvgIpc) is 2.39. The molecule has 1 aliphatic rings. The number of hydrogen-bond acceptors (Lipinski definition) is 2. The predicted molar refractivity (Wildman–Crippen MR) is 112 cm³/mol. The number of benzene rings is 2. The second-order valence-corrected chi connectivity index (χ2v) is 25.1. The van der Waals surface area contributed by atoms with Crippen LogP contribution in [-0.4, -0.2) is 0 Å². The molecule has 11 heteroatoms. The minimum atomic E-state index is -4.20. The first-order valence-electron chi connectivity index (χ1n) is 6.18. The van der Waals surface area contributed by atoms with Crippen molar-refractivity contribution in [3.8, 4) is 0 Å². The Morgan fingerprint density at radius 3 is 1.39 bits per heavy atom. The van der Waals surface area contributed by atoms with Crippen LogP contribution >= 0.6 is 89.0 Å². The molecule has 1 saturated heterocycles. The average molecular weight is 491 g/mol. The van der Waals surface area contributed by atoms with Gasteiger partial charge >= 0.3 is 169 Å². The Hall–Kier alpha value is 0.930. The summed E-state index contributed by atoms with van der Waals surface area (Å²) in [6, 6.07) is 15.5. The molecule has 2 nitrogen and oxygen atoms in total. The second kappa shape index (κ2) is 5.46. The van der Waals surface area contributed by atoms with Gasteiger partial charge in [-0.05, 0) is 0 Å². The summed E-state index contributed by atoms with van der Waals surface area (Å²) in [5, 5.41) is 0.534. The summed E-state index contributed by atoms with van der Waals surface area (Å²) in [6.07, 6.45) is 0. The summed E-state index contributed by atoms with van der Waals surface area (Å²) in [7, 11) is 0. The van der Waals surface area contributed by atoms with Gasteiger partial charge in [0.1, 0.15) is 0 Å². The molecule has 0 aliphatic carbocycles. The van der Waals surface area contributed by atoms with E-state index in [0.29, 0.717) is 16.4 Å². The van der Waals surface area contributed by atoms with E-state index in [1.807, 2.05) is 6.07 Å². The molecule has 2 aromatic carbocycles. The van der Waals surface area contributed by atoms with Gasteiger partial charge < -0.3 is 0 Å². The number of anilines is 2. The van der Waals surface area contributed by atoms with Gasteiger partial charge in [0.25, 0.3) is 0 Å². The zero-order chi connectivity index (χ0) is 17.1. The Morgan fingerprint density at radius 2 is 0.957 bits per heavy atom. The summed E-state index contributed by atoms with van der Waals surface area (Å²) in [5.74, 6) is 0. The van der Waals surface area contributed by atoms with Crippen LogP contribution in [0.3, 0.4) is 0 Å². The molecule has 0 aromatic heterocycles. The van der Waals surface area contributed by atoms with Crippen LogP contribution in [0.1, 0.15) is 0 Å². The van der Waals surface area contributed by atoms with Crippen molar-refractivity contribution in [1.29, 1.82) is 0 Å². The molecule has 0 atom stereocenters. The van der Waals surface area contributed by atoms with Crippen molar-refractivity contribution >= 4 is 100 Å². The van der Waals surface area contributed by atoms with E-state index in [9.17, 15) is 0 Å². The number of halogens is 7. The molecule has 0 N–H and O–H groups in total. The van der Waals surface area contributed by atoms with Crippen LogP contribution in [0.5, 0.6) is 0 Å². The molecule has 0 amide bonds. The Balaban J connectivity index is 2.18. The normalized spacial score (nSPS) is 26.9. The maximum absolute atomic E-state index is 6.63. The van der Waals surface area contributed by atoms with E-state index >= 15 is 0 Å². The Labute approximate surface area is 167 Å². The van der Waals surface area contributed by atoms with Gasteiger partial charge in [0.05, 0.1) is 0 Å². The fraction of sp³-hybridized carbons (Fsp3) is 0. The summed E-state index contributed by atoms with van der Waals surface area (Å²) in [6.45, 7) is 0. The molecular weight excluding hydrogens is 482 g/mol. The van der Waals surface area contributed by atoms with Gasteiger partial charge in [-0.25, -0.2) is 0 Å². The van der Waals surface area contributed by atoms with E-state index in [-0.39, 0.29) is 0 Å². The second-order valence-electron chi connectivity index (χ2n) is 4.86. The molecule has 126 valence electrons. The predicted octanol–water partition coefficient (Wildman–Crippen LogP) is 9.36. The first-order chi connectivity index (χ1) is 10.4. The van der Waals surface area contributed by atoms with Crippen molar-refractivity contribution in [2.24, 2.45) is 0 Å². The van der Waals surface area contributed by atoms with Crippen LogP contribution in [0.25, 0.3) is 0 Å². The third-order valence-electron chi connectivity index (χ3n) is 3.24. The summed E-state index contributed by atoms with van der Waals surface area (Å²) >= 11 is 45.7. The van der Waals surface area contributed by atoms with Crippen LogP contribution < -0.4 is 8.88 Å². The van der Waals surface area contributed by atoms with E-state index in [1.165, 1.54) is 8.88 Å². The van der Waals surface area contributed by atoms with E-state index in [4.69, 9.17) is 79.0 Å². The summed E-state index contributed by atoms with van der Waals surface area (Å²) in [5.41, 5.74) is 1.05. The van der Waals surface area contributed by atoms with Gasteiger partial charge in [-0.3, -0.25) is 0 Å². The molecule has 1 fully saturated rings. The fourth-order valence-corrected chi connectivity index (χ4v) is 31.9. The molecule has 2 aromatic rings. The molecule has 0 unspecified atom stereocenters. The molecule has 0 bridgehead atoms. The van der Waals surface area contributed by atoms with Gasteiger partial charge in [0, 0.05) is 0 Å². The molecule has 23 heavy (non-hydrogen) atoms. The molecule has 3 rings (SSSR count). The van der Waals surface area contributed by atoms with Gasteiger partial charge in [0.2, 0.25) is 0 Å². The van der Waals surface area contributed by atoms with Crippen molar-refractivity contribution in [2.45, 2.75) is 0 Å². The standard InChI is InChI=1S/C12H9Cl7N2P2/c13-10-6-8-12(9-7-10)21-22(14,15,16)20(23(21,17,18)19)11-4-2-1-3-5-11/h1-9H. The van der Waals surface area contributed by atoms with E-state index in [1.54, 1.807) is 48.5 Å². The Kier molecular flexibility index (Phi) is 4.44. The number of rotatable bonds is 2. The van der Waals surface area contributed by atoms with Crippen molar-refractivity contribution in [3.05, 3.63) is 59.6 Å². The quantitative estimate of drug-likeness (QED) is 0.386. The monoisotopic (exact) mass is 488 g/mol. The molecule has 0 spiro atoms. The van der Waals surface area contributed by atoms with E-state index < -0.39 is 9.93 Å². The van der Waals surface area contributed by atoms with Crippen molar-refractivity contribution in [2.75, 3.05) is 8.88 Å². The molecule has 1 heterocycles. The number of nitrogens with zero attached hydrogens (tertiary/aromatic N) is 2. The summed E-state index contributed by atoms with van der Waals surface area (Å²) < 4.78 is 2.68. The van der Waals surface area contributed by atoms with E-state index in [2.05, 4.69) is 0 Å². The van der Waals surface area contributed by atoms with Gasteiger partial charge in [-0.15, -0.1) is 0 Å². The van der Waals surface area contributed by atoms with Crippen LogP contribution in [0.15, 0.2) is 54.6 Å². The SMILES string of the molecule is Clc1ccc(N2P(Cl)(Cl)(Cl)N(c3ccccc3)P2(Cl)(Cl)Cl)cc1. The van der Waals surface area contributed by atoms with Crippen molar-refractivity contribution < 1.29 is 0 Å². The molecular formula is C12H9Cl7N2P2. The van der Waals surface area contributed by atoms with Crippen LogP contribution in [0.2, 0.25) is 5.02 Å². The van der Waals surface area contributed by atoms with Gasteiger partial charge in [-0.2, -0.15) is 0 Å². The van der Waals surface area contributed by atoms with Gasteiger partial charge in [0.15, 0.2) is 0 Å². The number of hydrogen-bond donors (Lipinski definition) is 0. The van der Waals surface area contributed by atoms with Crippen molar-refractivity contribution in [1.82, 2.24) is 0 Å². The molecule has 0 radical (unpaired) electrons. The Bertz CT molecular complexity index is 728. The zero-order valence-electron chi connectivity index (χ0n) is 11.1. The van der Waals surface area contributed by atoms with Crippen molar-refractivity contribution in [3.63, 3.8) is 0 Å². The topological polar surface area (TPSA) is 6.48 Å². The van der Waals surface area contributed by atoms with E-state index in [0.717, 1.165) is 0 Å². The fourth-order valence-electron chi connectivity index (χ4n) is 2.44. The van der Waals surface area contributed by atoms with Gasteiger partial charge in [-0.1, -0.05) is 0 Å². The summed E-state index contributed by atoms with van der Waals surface area (Å²) in [4.78, 5) is -8.41. The first-order valence-corrected chi connectivity index (χ1v) is 16.3. The minimum absolute atomic E-state index is 0.497. The Morgan fingerprint density at radius 1 is 0.565 bits per heavy atom. The van der Waals surface area contributed by atoms with Crippen LogP contribution in [0.4, 0.5) is 11.4 Å². The maximum atomic E-state index is 6.63. The number of para-hydroxylation sites is 1. The molecule has 1 aliphatic heterocycles.